The minimum atomic E-state index is -4.66. The number of rotatable bonds is 13. The number of piperidine rings is 1. The maximum Gasteiger partial charge on any atom is 0.417 e. The monoisotopic (exact) mass is 424 g/mol. The Labute approximate surface area is 170 Å². The maximum atomic E-state index is 12.8. The molecular formula is C20H35F3N2O4. The Morgan fingerprint density at radius 2 is 1.31 bits per heavy atom. The number of hydrogen-bond donors (Lipinski definition) is 3. The normalized spacial score (nSPS) is 16.6. The highest BCUT2D eigenvalue weighted by atomic mass is 19.4. The van der Waals surface area contributed by atoms with E-state index in [-0.39, 0.29) is 25.5 Å². The number of carbonyl (C=O) groups is 2. The molecule has 0 radical (unpaired) electrons. The van der Waals surface area contributed by atoms with Crippen LogP contribution in [-0.2, 0) is 4.79 Å². The summed E-state index contributed by atoms with van der Waals surface area (Å²) in [5, 5.41) is 20.9. The summed E-state index contributed by atoms with van der Waals surface area (Å²) in [6.07, 6.45) is 4.92. The van der Waals surface area contributed by atoms with Crippen molar-refractivity contribution in [3.8, 4) is 0 Å². The summed E-state index contributed by atoms with van der Waals surface area (Å²) in [7, 11) is 0. The van der Waals surface area contributed by atoms with Gasteiger partial charge in [0.2, 0.25) is 0 Å². The fourth-order valence-electron chi connectivity index (χ4n) is 3.49. The number of hydrogen-bond acceptors (Lipinski definition) is 3. The van der Waals surface area contributed by atoms with Crippen LogP contribution in [0.1, 0.15) is 83.5 Å². The fraction of sp³-hybridized carbons (Fsp3) is 0.900. The second kappa shape index (κ2) is 12.9. The van der Waals surface area contributed by atoms with Crippen molar-refractivity contribution in [2.24, 2.45) is 0 Å². The number of likely N-dealkylation sites (tertiary alicyclic amines) is 1. The smallest absolute Gasteiger partial charge is 0.417 e. The Morgan fingerprint density at radius 1 is 0.862 bits per heavy atom. The molecule has 0 saturated carbocycles. The summed E-state index contributed by atoms with van der Waals surface area (Å²) >= 11 is 0. The van der Waals surface area contributed by atoms with Crippen LogP contribution in [0.5, 0.6) is 0 Å². The van der Waals surface area contributed by atoms with Crippen LogP contribution in [0.2, 0.25) is 0 Å². The highest BCUT2D eigenvalue weighted by molar-refractivity contribution is 5.74. The molecule has 0 bridgehead atoms. The third-order valence-electron chi connectivity index (χ3n) is 5.50. The van der Waals surface area contributed by atoms with E-state index in [9.17, 15) is 27.9 Å². The molecule has 0 spiro atoms. The van der Waals surface area contributed by atoms with Gasteiger partial charge in [-0.3, -0.25) is 4.79 Å². The van der Waals surface area contributed by atoms with Gasteiger partial charge in [-0.25, -0.2) is 4.79 Å². The molecule has 1 fully saturated rings. The number of urea groups is 1. The van der Waals surface area contributed by atoms with Crippen LogP contribution in [0.4, 0.5) is 18.0 Å². The van der Waals surface area contributed by atoms with Gasteiger partial charge in [0.25, 0.3) is 0 Å². The molecular weight excluding hydrogens is 389 g/mol. The molecule has 0 aromatic rings. The minimum absolute atomic E-state index is 0.0991. The zero-order chi connectivity index (χ0) is 21.8. The standard InChI is InChI=1S/C20H35F3N2O4/c21-20(22,23)19(29)12-15-25(16-13-19)18(28)24-14-10-8-6-4-2-1-3-5-7-9-11-17(26)27/h29H,1-16H2,(H,24,28)(H,26,27). The number of carbonyl (C=O) groups excluding carboxylic acids is 1. The molecule has 1 rings (SSSR count). The van der Waals surface area contributed by atoms with Crippen molar-refractivity contribution in [2.45, 2.75) is 95.2 Å². The summed E-state index contributed by atoms with van der Waals surface area (Å²) < 4.78 is 38.3. The van der Waals surface area contributed by atoms with Crippen molar-refractivity contribution < 1.29 is 33.0 Å². The van der Waals surface area contributed by atoms with Gasteiger partial charge in [0.1, 0.15) is 0 Å². The fourth-order valence-corrected chi connectivity index (χ4v) is 3.49. The average Bonchev–Trinajstić information content (AvgIpc) is 2.64. The summed E-state index contributed by atoms with van der Waals surface area (Å²) in [5.41, 5.74) is -2.68. The van der Waals surface area contributed by atoms with E-state index >= 15 is 0 Å². The van der Waals surface area contributed by atoms with E-state index < -0.39 is 30.6 Å². The third-order valence-corrected chi connectivity index (χ3v) is 5.50. The molecule has 0 unspecified atom stereocenters. The first-order valence-electron chi connectivity index (χ1n) is 10.7. The van der Waals surface area contributed by atoms with Crippen LogP contribution in [0.15, 0.2) is 0 Å². The van der Waals surface area contributed by atoms with E-state index in [2.05, 4.69) is 5.32 Å². The minimum Gasteiger partial charge on any atom is -0.481 e. The second-order valence-electron chi connectivity index (χ2n) is 7.93. The summed E-state index contributed by atoms with van der Waals surface area (Å²) in [6.45, 7) is 0.304. The van der Waals surface area contributed by atoms with Crippen LogP contribution in [0.25, 0.3) is 0 Å². The highest BCUT2D eigenvalue weighted by Gasteiger charge is 2.54. The van der Waals surface area contributed by atoms with Gasteiger partial charge in [0, 0.05) is 38.9 Å². The van der Waals surface area contributed by atoms with Gasteiger partial charge in [-0.1, -0.05) is 51.4 Å². The van der Waals surface area contributed by atoms with Crippen LogP contribution in [0.3, 0.4) is 0 Å². The number of aliphatic hydroxyl groups is 1. The van der Waals surface area contributed by atoms with Crippen LogP contribution in [0, 0.1) is 0 Å². The lowest BCUT2D eigenvalue weighted by atomic mass is 9.91. The van der Waals surface area contributed by atoms with Crippen LogP contribution >= 0.6 is 0 Å². The molecule has 0 atom stereocenters. The SMILES string of the molecule is O=C(O)CCCCCCCCCCCCNC(=O)N1CCC(O)(C(F)(F)F)CC1. The lowest BCUT2D eigenvalue weighted by molar-refractivity contribution is -0.271. The van der Waals surface area contributed by atoms with Crippen LogP contribution < -0.4 is 5.32 Å². The maximum absolute atomic E-state index is 12.8. The predicted molar refractivity (Wildman–Crippen MR) is 104 cm³/mol. The molecule has 1 saturated heterocycles. The molecule has 1 aliphatic heterocycles. The summed E-state index contributed by atoms with van der Waals surface area (Å²) in [5.74, 6) is -0.731. The third kappa shape index (κ3) is 10.2. The largest absolute Gasteiger partial charge is 0.481 e. The van der Waals surface area contributed by atoms with Gasteiger partial charge in [-0.05, 0) is 12.8 Å². The van der Waals surface area contributed by atoms with Gasteiger partial charge in [-0.2, -0.15) is 13.2 Å². The number of aliphatic carboxylic acids is 1. The van der Waals surface area contributed by atoms with E-state index in [4.69, 9.17) is 5.11 Å². The van der Waals surface area contributed by atoms with Gasteiger partial charge in [0.15, 0.2) is 5.60 Å². The van der Waals surface area contributed by atoms with Crippen molar-refractivity contribution in [2.75, 3.05) is 19.6 Å². The molecule has 1 heterocycles. The molecule has 170 valence electrons. The van der Waals surface area contributed by atoms with Crippen molar-refractivity contribution >= 4 is 12.0 Å². The van der Waals surface area contributed by atoms with Gasteiger partial charge in [0.05, 0.1) is 0 Å². The first kappa shape index (κ1) is 25.5. The van der Waals surface area contributed by atoms with E-state index in [0.717, 1.165) is 64.2 Å². The first-order chi connectivity index (χ1) is 13.7. The van der Waals surface area contributed by atoms with Gasteiger partial charge >= 0.3 is 18.2 Å². The van der Waals surface area contributed by atoms with Gasteiger partial charge in [-0.15, -0.1) is 0 Å². The number of alkyl halides is 3. The summed E-state index contributed by atoms with van der Waals surface area (Å²) in [6, 6.07) is -0.364. The predicted octanol–water partition coefficient (Wildman–Crippen LogP) is 4.46. The average molecular weight is 425 g/mol. The topological polar surface area (TPSA) is 89.9 Å². The molecule has 1 aliphatic rings. The summed E-state index contributed by atoms with van der Waals surface area (Å²) in [4.78, 5) is 23.7. The Morgan fingerprint density at radius 3 is 1.76 bits per heavy atom. The lowest BCUT2D eigenvalue weighted by Gasteiger charge is -2.39. The lowest BCUT2D eigenvalue weighted by Crippen LogP contribution is -2.55. The number of carboxylic acid groups (broad SMARTS) is 1. The van der Waals surface area contributed by atoms with Gasteiger partial charge < -0.3 is 20.4 Å². The molecule has 3 N–H and O–H groups in total. The highest BCUT2D eigenvalue weighted by Crippen LogP contribution is 2.38. The van der Waals surface area contributed by atoms with E-state index in [1.807, 2.05) is 0 Å². The molecule has 0 aromatic carbocycles. The number of carboxylic acids is 1. The van der Waals surface area contributed by atoms with E-state index in [1.165, 1.54) is 4.90 Å². The molecule has 9 heteroatoms. The second-order valence-corrected chi connectivity index (χ2v) is 7.93. The van der Waals surface area contributed by atoms with Crippen molar-refractivity contribution in [1.82, 2.24) is 10.2 Å². The molecule has 2 amide bonds. The van der Waals surface area contributed by atoms with E-state index in [0.29, 0.717) is 6.54 Å². The number of amides is 2. The van der Waals surface area contributed by atoms with Crippen molar-refractivity contribution in [1.29, 1.82) is 0 Å². The molecule has 6 nitrogen and oxygen atoms in total. The molecule has 29 heavy (non-hydrogen) atoms. The van der Waals surface area contributed by atoms with Crippen LogP contribution in [-0.4, -0.2) is 58.5 Å². The zero-order valence-corrected chi connectivity index (χ0v) is 17.1. The van der Waals surface area contributed by atoms with Crippen molar-refractivity contribution in [3.05, 3.63) is 0 Å². The number of unbranched alkanes of at least 4 members (excludes halogenated alkanes) is 9. The first-order valence-corrected chi connectivity index (χ1v) is 10.7. The Bertz CT molecular complexity index is 493. The number of halogens is 3. The number of nitrogens with zero attached hydrogens (tertiary/aromatic N) is 1. The van der Waals surface area contributed by atoms with Crippen molar-refractivity contribution in [3.63, 3.8) is 0 Å². The quantitative estimate of drug-likeness (QED) is 0.381. The Hall–Kier alpha value is -1.51. The number of nitrogens with one attached hydrogen (secondary N) is 1. The molecule has 0 aliphatic carbocycles. The van der Waals surface area contributed by atoms with E-state index in [1.54, 1.807) is 0 Å². The Balaban J connectivity index is 1.94. The zero-order valence-electron chi connectivity index (χ0n) is 17.1. The molecule has 0 aromatic heterocycles. The Kier molecular flexibility index (Phi) is 11.4.